The van der Waals surface area contributed by atoms with Crippen LogP contribution in [0.25, 0.3) is 0 Å². The molecule has 6 heteroatoms. The molecule has 6 nitrogen and oxygen atoms in total. The smallest absolute Gasteiger partial charge is 0.222 e. The van der Waals surface area contributed by atoms with Gasteiger partial charge in [0.1, 0.15) is 11.6 Å². The van der Waals surface area contributed by atoms with Crippen LogP contribution >= 0.6 is 0 Å². The van der Waals surface area contributed by atoms with E-state index in [9.17, 15) is 4.79 Å². The molecule has 1 spiro atoms. The topological polar surface area (TPSA) is 71.1 Å². The molecule has 1 saturated carbocycles. The summed E-state index contributed by atoms with van der Waals surface area (Å²) in [5.74, 6) is 3.20. The molecule has 4 rings (SSSR count). The summed E-state index contributed by atoms with van der Waals surface area (Å²) >= 11 is 0. The molecule has 1 aliphatic carbocycles. The lowest BCUT2D eigenvalue weighted by molar-refractivity contribution is -0.130. The number of amides is 1. The molecule has 28 heavy (non-hydrogen) atoms. The Balaban J connectivity index is 1.43. The molecular formula is C22H30N4O2. The summed E-state index contributed by atoms with van der Waals surface area (Å²) in [5.41, 5.74) is 1.34. The molecule has 1 unspecified atom stereocenters. The first-order valence-corrected chi connectivity index (χ1v) is 10.5. The Morgan fingerprint density at radius 2 is 2.04 bits per heavy atom. The van der Waals surface area contributed by atoms with Crippen molar-refractivity contribution >= 4 is 5.91 Å². The monoisotopic (exact) mass is 382 g/mol. The number of hydrogen-bond acceptors (Lipinski definition) is 4. The van der Waals surface area contributed by atoms with Crippen LogP contribution < -0.4 is 4.74 Å². The second kappa shape index (κ2) is 7.94. The molecule has 2 heterocycles. The lowest BCUT2D eigenvalue weighted by Gasteiger charge is -2.27. The van der Waals surface area contributed by atoms with Crippen LogP contribution in [-0.2, 0) is 17.6 Å². The SMILES string of the molecule is CCc1nc(C2CN(C(=O)CCc3ccc(OC)cc3)CC23CCCC3)n[nH]1. The van der Waals surface area contributed by atoms with Crippen LogP contribution in [0.5, 0.6) is 5.75 Å². The van der Waals surface area contributed by atoms with E-state index in [-0.39, 0.29) is 17.2 Å². The maximum absolute atomic E-state index is 13.0. The van der Waals surface area contributed by atoms with Gasteiger partial charge in [-0.1, -0.05) is 31.9 Å². The average molecular weight is 383 g/mol. The fourth-order valence-corrected chi connectivity index (χ4v) is 4.93. The van der Waals surface area contributed by atoms with E-state index in [0.717, 1.165) is 43.3 Å². The van der Waals surface area contributed by atoms with Gasteiger partial charge in [0.25, 0.3) is 0 Å². The number of aromatic nitrogens is 3. The minimum absolute atomic E-state index is 0.170. The summed E-state index contributed by atoms with van der Waals surface area (Å²) in [6, 6.07) is 7.98. The predicted octanol–water partition coefficient (Wildman–Crippen LogP) is 3.49. The van der Waals surface area contributed by atoms with Crippen LogP contribution in [0.1, 0.15) is 62.2 Å². The lowest BCUT2D eigenvalue weighted by atomic mass is 9.76. The predicted molar refractivity (Wildman–Crippen MR) is 107 cm³/mol. The van der Waals surface area contributed by atoms with E-state index >= 15 is 0 Å². The summed E-state index contributed by atoms with van der Waals surface area (Å²) in [4.78, 5) is 19.8. The van der Waals surface area contributed by atoms with Crippen molar-refractivity contribution in [1.82, 2.24) is 20.1 Å². The average Bonchev–Trinajstić information content (AvgIpc) is 3.47. The number of carbonyl (C=O) groups is 1. The van der Waals surface area contributed by atoms with Gasteiger partial charge in [-0.3, -0.25) is 9.89 Å². The number of aromatic amines is 1. The maximum atomic E-state index is 13.0. The first kappa shape index (κ1) is 19.0. The van der Waals surface area contributed by atoms with Gasteiger partial charge in [0.05, 0.1) is 7.11 Å². The number of carbonyl (C=O) groups excluding carboxylic acids is 1. The minimum Gasteiger partial charge on any atom is -0.497 e. The highest BCUT2D eigenvalue weighted by molar-refractivity contribution is 5.77. The molecule has 1 aromatic carbocycles. The Bertz CT molecular complexity index is 808. The van der Waals surface area contributed by atoms with Gasteiger partial charge in [-0.2, -0.15) is 5.10 Å². The molecular weight excluding hydrogens is 352 g/mol. The van der Waals surface area contributed by atoms with Crippen LogP contribution in [-0.4, -0.2) is 46.2 Å². The minimum atomic E-state index is 0.170. The molecule has 1 atom stereocenters. The highest BCUT2D eigenvalue weighted by atomic mass is 16.5. The number of nitrogens with one attached hydrogen (secondary N) is 1. The van der Waals surface area contributed by atoms with Crippen LogP contribution in [0.15, 0.2) is 24.3 Å². The van der Waals surface area contributed by atoms with Crippen molar-refractivity contribution in [3.05, 3.63) is 41.5 Å². The molecule has 0 bridgehead atoms. The molecule has 2 aliphatic rings. The van der Waals surface area contributed by atoms with Gasteiger partial charge in [0, 0.05) is 31.8 Å². The van der Waals surface area contributed by atoms with Crippen molar-refractivity contribution in [3.63, 3.8) is 0 Å². The Morgan fingerprint density at radius 1 is 1.29 bits per heavy atom. The number of methoxy groups -OCH3 is 1. The van der Waals surface area contributed by atoms with Crippen LogP contribution in [0, 0.1) is 5.41 Å². The quantitative estimate of drug-likeness (QED) is 0.830. The fourth-order valence-electron chi connectivity index (χ4n) is 4.93. The summed E-state index contributed by atoms with van der Waals surface area (Å²) in [6.45, 7) is 3.69. The molecule has 1 N–H and O–H groups in total. The highest BCUT2D eigenvalue weighted by Crippen LogP contribution is 2.52. The molecule has 1 amide bonds. The van der Waals surface area contributed by atoms with Gasteiger partial charge in [-0.05, 0) is 42.4 Å². The Morgan fingerprint density at radius 3 is 2.68 bits per heavy atom. The fraction of sp³-hybridized carbons (Fsp3) is 0.591. The zero-order valence-electron chi connectivity index (χ0n) is 16.9. The van der Waals surface area contributed by atoms with Gasteiger partial charge in [-0.25, -0.2) is 4.98 Å². The molecule has 1 aromatic heterocycles. The van der Waals surface area contributed by atoms with Crippen LogP contribution in [0.2, 0.25) is 0 Å². The molecule has 2 fully saturated rings. The normalized spacial score (nSPS) is 20.8. The van der Waals surface area contributed by atoms with Crippen LogP contribution in [0.4, 0.5) is 0 Å². The van der Waals surface area contributed by atoms with E-state index in [1.165, 1.54) is 31.2 Å². The standard InChI is InChI=1S/C22H30N4O2/c1-3-19-23-21(25-24-19)18-14-26(15-22(18)12-4-5-13-22)20(27)11-8-16-6-9-17(28-2)10-7-16/h6-7,9-10,18H,3-5,8,11-15H2,1-2H3,(H,23,24,25). The van der Waals surface area contributed by atoms with Gasteiger partial charge < -0.3 is 9.64 Å². The number of rotatable bonds is 6. The first-order valence-electron chi connectivity index (χ1n) is 10.5. The van der Waals surface area contributed by atoms with Crippen LogP contribution in [0.3, 0.4) is 0 Å². The van der Waals surface area contributed by atoms with Gasteiger partial charge in [0.15, 0.2) is 5.82 Å². The molecule has 1 saturated heterocycles. The largest absolute Gasteiger partial charge is 0.497 e. The summed E-state index contributed by atoms with van der Waals surface area (Å²) in [7, 11) is 1.67. The number of aryl methyl sites for hydroxylation is 2. The van der Waals surface area contributed by atoms with E-state index in [4.69, 9.17) is 9.72 Å². The number of ether oxygens (including phenoxy) is 1. The molecule has 1 aliphatic heterocycles. The Hall–Kier alpha value is -2.37. The van der Waals surface area contributed by atoms with E-state index < -0.39 is 0 Å². The lowest BCUT2D eigenvalue weighted by Crippen LogP contribution is -2.31. The van der Waals surface area contributed by atoms with Gasteiger partial charge in [0.2, 0.25) is 5.91 Å². The van der Waals surface area contributed by atoms with Crippen molar-refractivity contribution in [3.8, 4) is 5.75 Å². The number of H-pyrrole nitrogens is 1. The van der Waals surface area contributed by atoms with E-state index in [2.05, 4.69) is 22.0 Å². The first-order chi connectivity index (χ1) is 13.6. The van der Waals surface area contributed by atoms with Crippen molar-refractivity contribution < 1.29 is 9.53 Å². The Kier molecular flexibility index (Phi) is 5.38. The maximum Gasteiger partial charge on any atom is 0.222 e. The second-order valence-electron chi connectivity index (χ2n) is 8.24. The third-order valence-corrected chi connectivity index (χ3v) is 6.58. The van der Waals surface area contributed by atoms with Crippen molar-refractivity contribution in [1.29, 1.82) is 0 Å². The van der Waals surface area contributed by atoms with E-state index in [0.29, 0.717) is 6.42 Å². The second-order valence-corrected chi connectivity index (χ2v) is 8.24. The van der Waals surface area contributed by atoms with Crippen molar-refractivity contribution in [2.45, 2.75) is 57.8 Å². The molecule has 0 radical (unpaired) electrons. The molecule has 150 valence electrons. The highest BCUT2D eigenvalue weighted by Gasteiger charge is 2.51. The Labute approximate surface area is 166 Å². The summed E-state index contributed by atoms with van der Waals surface area (Å²) < 4.78 is 5.20. The number of hydrogen-bond donors (Lipinski definition) is 1. The van der Waals surface area contributed by atoms with E-state index in [1.54, 1.807) is 7.11 Å². The summed E-state index contributed by atoms with van der Waals surface area (Å²) in [6.07, 6.45) is 7.01. The zero-order valence-corrected chi connectivity index (χ0v) is 16.9. The number of benzene rings is 1. The third-order valence-electron chi connectivity index (χ3n) is 6.58. The third kappa shape index (κ3) is 3.64. The molecule has 2 aromatic rings. The van der Waals surface area contributed by atoms with Gasteiger partial charge >= 0.3 is 0 Å². The number of likely N-dealkylation sites (tertiary alicyclic amines) is 1. The zero-order chi connectivity index (χ0) is 19.6. The van der Waals surface area contributed by atoms with Gasteiger partial charge in [-0.15, -0.1) is 0 Å². The van der Waals surface area contributed by atoms with Crippen molar-refractivity contribution in [2.75, 3.05) is 20.2 Å². The van der Waals surface area contributed by atoms with E-state index in [1.807, 2.05) is 24.3 Å². The van der Waals surface area contributed by atoms with Crippen molar-refractivity contribution in [2.24, 2.45) is 5.41 Å². The summed E-state index contributed by atoms with van der Waals surface area (Å²) in [5, 5.41) is 7.57. The number of nitrogens with zero attached hydrogens (tertiary/aromatic N) is 3.